The fourth-order valence-electron chi connectivity index (χ4n) is 1.27. The molecule has 0 unspecified atom stereocenters. The van der Waals surface area contributed by atoms with Crippen LogP contribution in [0.25, 0.3) is 6.08 Å². The van der Waals surface area contributed by atoms with Crippen molar-refractivity contribution in [3.8, 4) is 0 Å². The second-order valence-electron chi connectivity index (χ2n) is 3.66. The first-order valence-corrected chi connectivity index (χ1v) is 7.92. The van der Waals surface area contributed by atoms with Crippen molar-refractivity contribution in [1.29, 1.82) is 0 Å². The van der Waals surface area contributed by atoms with Crippen LogP contribution in [0.1, 0.15) is 23.8 Å². The summed E-state index contributed by atoms with van der Waals surface area (Å²) >= 11 is 1.39. The second kappa shape index (κ2) is 6.67. The smallest absolute Gasteiger partial charge is 0.328 e. The van der Waals surface area contributed by atoms with Crippen molar-refractivity contribution in [2.45, 2.75) is 19.9 Å². The van der Waals surface area contributed by atoms with E-state index in [1.54, 1.807) is 18.4 Å². The van der Waals surface area contributed by atoms with Crippen LogP contribution in [0.5, 0.6) is 0 Å². The molecule has 18 heavy (non-hydrogen) atoms. The monoisotopic (exact) mass is 289 g/mol. The summed E-state index contributed by atoms with van der Waals surface area (Å²) in [5.74, 6) is -0.893. The van der Waals surface area contributed by atoms with Crippen molar-refractivity contribution in [3.05, 3.63) is 28.0 Å². The van der Waals surface area contributed by atoms with Gasteiger partial charge in [-0.05, 0) is 29.5 Å². The summed E-state index contributed by atoms with van der Waals surface area (Å²) in [6, 6.07) is 1.76. The van der Waals surface area contributed by atoms with Gasteiger partial charge < -0.3 is 5.11 Å². The number of aliphatic carboxylic acids is 1. The fraction of sp³-hybridized carbons (Fsp3) is 0.364. The predicted octanol–water partition coefficient (Wildman–Crippen LogP) is 1.68. The lowest BCUT2D eigenvalue weighted by Gasteiger charge is -2.02. The van der Waals surface area contributed by atoms with Crippen molar-refractivity contribution in [3.63, 3.8) is 0 Å². The minimum atomic E-state index is -3.20. The average Bonchev–Trinajstić information content (AvgIpc) is 2.72. The highest BCUT2D eigenvalue weighted by molar-refractivity contribution is 7.89. The molecule has 2 N–H and O–H groups in total. The SMILES string of the molecule is CCCS(=O)(=O)NCc1cc(C=CC(=O)O)cs1. The first-order chi connectivity index (χ1) is 8.43. The molecule has 0 aliphatic heterocycles. The number of sulfonamides is 1. The zero-order valence-electron chi connectivity index (χ0n) is 9.92. The summed E-state index contributed by atoms with van der Waals surface area (Å²) in [5, 5.41) is 10.3. The summed E-state index contributed by atoms with van der Waals surface area (Å²) in [6.45, 7) is 2.05. The Kier molecular flexibility index (Phi) is 5.52. The molecule has 0 fully saturated rings. The third-order valence-corrected chi connectivity index (χ3v) is 4.52. The van der Waals surface area contributed by atoms with E-state index in [1.165, 1.54) is 17.4 Å². The zero-order chi connectivity index (χ0) is 13.6. The minimum Gasteiger partial charge on any atom is -0.478 e. The van der Waals surface area contributed by atoms with Gasteiger partial charge in [-0.25, -0.2) is 17.9 Å². The fourth-order valence-corrected chi connectivity index (χ4v) is 3.21. The molecule has 0 aliphatic rings. The number of thiophene rings is 1. The molecule has 100 valence electrons. The van der Waals surface area contributed by atoms with Gasteiger partial charge in [0.05, 0.1) is 5.75 Å². The van der Waals surface area contributed by atoms with Crippen molar-refractivity contribution in [1.82, 2.24) is 4.72 Å². The van der Waals surface area contributed by atoms with Gasteiger partial charge in [-0.1, -0.05) is 6.92 Å². The number of carboxylic acids is 1. The Bertz CT molecular complexity index is 531. The van der Waals surface area contributed by atoms with Gasteiger partial charge in [-0.15, -0.1) is 11.3 Å². The van der Waals surface area contributed by atoms with E-state index >= 15 is 0 Å². The standard InChI is InChI=1S/C11H15NO4S2/c1-2-5-18(15,16)12-7-10-6-9(8-17-10)3-4-11(13)14/h3-4,6,8,12H,2,5,7H2,1H3,(H,13,14). The molecule has 1 aromatic heterocycles. The van der Waals surface area contributed by atoms with E-state index in [0.717, 1.165) is 16.5 Å². The summed E-state index contributed by atoms with van der Waals surface area (Å²) in [6.07, 6.45) is 3.10. The normalized spacial score (nSPS) is 12.1. The molecule has 0 saturated heterocycles. The summed E-state index contributed by atoms with van der Waals surface area (Å²) < 4.78 is 25.4. The van der Waals surface area contributed by atoms with Gasteiger partial charge in [-0.3, -0.25) is 0 Å². The van der Waals surface area contributed by atoms with E-state index in [9.17, 15) is 13.2 Å². The van der Waals surface area contributed by atoms with Gasteiger partial charge >= 0.3 is 5.97 Å². The Morgan fingerprint density at radius 1 is 1.56 bits per heavy atom. The van der Waals surface area contributed by atoms with Crippen LogP contribution in [-0.4, -0.2) is 25.2 Å². The number of rotatable bonds is 7. The topological polar surface area (TPSA) is 83.5 Å². The van der Waals surface area contributed by atoms with Crippen molar-refractivity contribution in [2.24, 2.45) is 0 Å². The Morgan fingerprint density at radius 3 is 2.89 bits per heavy atom. The molecule has 0 saturated carbocycles. The van der Waals surface area contributed by atoms with E-state index in [1.807, 2.05) is 0 Å². The van der Waals surface area contributed by atoms with Crippen LogP contribution in [0.15, 0.2) is 17.5 Å². The lowest BCUT2D eigenvalue weighted by atomic mass is 10.3. The molecule has 0 amide bonds. The summed E-state index contributed by atoms with van der Waals surface area (Å²) in [7, 11) is -3.20. The molecule has 0 radical (unpaired) electrons. The molecule has 0 aliphatic carbocycles. The van der Waals surface area contributed by atoms with Gasteiger partial charge in [-0.2, -0.15) is 0 Å². The average molecular weight is 289 g/mol. The molecular formula is C11H15NO4S2. The molecule has 1 aromatic rings. The lowest BCUT2D eigenvalue weighted by Crippen LogP contribution is -2.25. The third-order valence-electron chi connectivity index (χ3n) is 2.03. The number of hydrogen-bond acceptors (Lipinski definition) is 4. The van der Waals surface area contributed by atoms with Gasteiger partial charge in [0.15, 0.2) is 0 Å². The van der Waals surface area contributed by atoms with Gasteiger partial charge in [0.1, 0.15) is 0 Å². The Morgan fingerprint density at radius 2 is 2.28 bits per heavy atom. The Balaban J connectivity index is 2.57. The molecular weight excluding hydrogens is 274 g/mol. The second-order valence-corrected chi connectivity index (χ2v) is 6.58. The molecule has 0 atom stereocenters. The highest BCUT2D eigenvalue weighted by Crippen LogP contribution is 2.16. The Hall–Kier alpha value is -1.18. The zero-order valence-corrected chi connectivity index (χ0v) is 11.6. The number of nitrogens with one attached hydrogen (secondary N) is 1. The molecule has 5 nitrogen and oxygen atoms in total. The molecule has 1 heterocycles. The number of carbonyl (C=O) groups is 1. The lowest BCUT2D eigenvalue weighted by molar-refractivity contribution is -0.131. The van der Waals surface area contributed by atoms with E-state index in [-0.39, 0.29) is 12.3 Å². The number of hydrogen-bond donors (Lipinski definition) is 2. The van der Waals surface area contributed by atoms with Crippen LogP contribution >= 0.6 is 11.3 Å². The van der Waals surface area contributed by atoms with E-state index in [4.69, 9.17) is 5.11 Å². The van der Waals surface area contributed by atoms with E-state index in [0.29, 0.717) is 6.42 Å². The van der Waals surface area contributed by atoms with Crippen molar-refractivity contribution in [2.75, 3.05) is 5.75 Å². The van der Waals surface area contributed by atoms with Crippen LogP contribution in [0.2, 0.25) is 0 Å². The van der Waals surface area contributed by atoms with Crippen LogP contribution in [-0.2, 0) is 21.4 Å². The first-order valence-electron chi connectivity index (χ1n) is 5.38. The number of carboxylic acid groups (broad SMARTS) is 1. The van der Waals surface area contributed by atoms with Crippen LogP contribution < -0.4 is 4.72 Å². The predicted molar refractivity (Wildman–Crippen MR) is 71.9 cm³/mol. The van der Waals surface area contributed by atoms with Crippen LogP contribution in [0, 0.1) is 0 Å². The summed E-state index contributed by atoms with van der Waals surface area (Å²) in [4.78, 5) is 11.2. The highest BCUT2D eigenvalue weighted by Gasteiger charge is 2.08. The maximum absolute atomic E-state index is 11.4. The van der Waals surface area contributed by atoms with Crippen LogP contribution in [0.4, 0.5) is 0 Å². The van der Waals surface area contributed by atoms with Crippen LogP contribution in [0.3, 0.4) is 0 Å². The van der Waals surface area contributed by atoms with Crippen molar-refractivity contribution >= 4 is 33.4 Å². The van der Waals surface area contributed by atoms with E-state index in [2.05, 4.69) is 4.72 Å². The minimum absolute atomic E-state index is 0.115. The maximum atomic E-state index is 11.4. The molecule has 0 bridgehead atoms. The highest BCUT2D eigenvalue weighted by atomic mass is 32.2. The van der Waals surface area contributed by atoms with Gasteiger partial charge in [0.2, 0.25) is 10.0 Å². The van der Waals surface area contributed by atoms with Crippen molar-refractivity contribution < 1.29 is 18.3 Å². The molecule has 0 aromatic carbocycles. The maximum Gasteiger partial charge on any atom is 0.328 e. The van der Waals surface area contributed by atoms with Gasteiger partial charge in [0.25, 0.3) is 0 Å². The molecule has 7 heteroatoms. The third kappa shape index (κ3) is 5.44. The van der Waals surface area contributed by atoms with E-state index < -0.39 is 16.0 Å². The first kappa shape index (κ1) is 14.9. The largest absolute Gasteiger partial charge is 0.478 e. The summed E-state index contributed by atoms with van der Waals surface area (Å²) in [5.41, 5.74) is 0.757. The quantitative estimate of drug-likeness (QED) is 0.748. The molecule has 1 rings (SSSR count). The molecule has 0 spiro atoms. The Labute approximate surface area is 110 Å². The van der Waals surface area contributed by atoms with Gasteiger partial charge in [0, 0.05) is 17.5 Å².